The smallest absolute Gasteiger partial charge is 0.375 e. The second-order valence-corrected chi connectivity index (χ2v) is 8.07. The fourth-order valence-corrected chi connectivity index (χ4v) is 4.78. The minimum absolute atomic E-state index is 0.200. The maximum Gasteiger partial charge on any atom is 0.375 e. The van der Waals surface area contributed by atoms with E-state index >= 15 is 0 Å². The molecule has 1 heterocycles. The fourth-order valence-electron chi connectivity index (χ4n) is 3.89. The molecule has 2 N–H and O–H groups in total. The van der Waals surface area contributed by atoms with Crippen molar-refractivity contribution in [1.82, 2.24) is 10.2 Å². The summed E-state index contributed by atoms with van der Waals surface area (Å²) in [5.74, 6) is -1.37. The molecular weight excluding hydrogens is 422 g/mol. The van der Waals surface area contributed by atoms with Gasteiger partial charge in [0.05, 0.1) is 5.54 Å². The number of nitrogens with one attached hydrogen (secondary N) is 1. The molecule has 0 aliphatic carbocycles. The van der Waals surface area contributed by atoms with E-state index in [1.807, 2.05) is 60.0 Å². The van der Waals surface area contributed by atoms with Crippen LogP contribution in [0.3, 0.4) is 0 Å². The van der Waals surface area contributed by atoms with Crippen LogP contribution in [0.25, 0.3) is 0 Å². The van der Waals surface area contributed by atoms with E-state index in [4.69, 9.17) is 4.84 Å². The van der Waals surface area contributed by atoms with Gasteiger partial charge >= 0.3 is 5.97 Å². The molecule has 4 rings (SSSR count). The first-order chi connectivity index (χ1) is 15.7. The van der Waals surface area contributed by atoms with Crippen LogP contribution >= 0.6 is 11.8 Å². The van der Waals surface area contributed by atoms with Gasteiger partial charge in [0.1, 0.15) is 12.6 Å². The highest BCUT2D eigenvalue weighted by molar-refractivity contribution is 8.02. The van der Waals surface area contributed by atoms with Gasteiger partial charge in [-0.3, -0.25) is 10.2 Å². The van der Waals surface area contributed by atoms with E-state index in [1.165, 1.54) is 18.9 Å². The van der Waals surface area contributed by atoms with E-state index in [2.05, 4.69) is 46.9 Å². The number of carboxylic acids is 1. The Labute approximate surface area is 191 Å². The van der Waals surface area contributed by atoms with E-state index in [0.29, 0.717) is 0 Å². The van der Waals surface area contributed by atoms with Crippen molar-refractivity contribution in [3.63, 3.8) is 0 Å². The first-order valence-corrected chi connectivity index (χ1v) is 11.0. The number of rotatable bonds is 6. The Morgan fingerprint density at radius 3 is 1.81 bits per heavy atom. The lowest BCUT2D eigenvalue weighted by molar-refractivity contribution is -0.130. The molecule has 0 amide bonds. The number of hydrogen-bond donors (Lipinski definition) is 2. The molecule has 3 aromatic carbocycles. The molecule has 0 fully saturated rings. The summed E-state index contributed by atoms with van der Waals surface area (Å²) in [4.78, 5) is 18.2. The molecule has 3 aromatic rings. The summed E-state index contributed by atoms with van der Waals surface area (Å²) in [5.41, 5.74) is 1.91. The third-order valence-electron chi connectivity index (χ3n) is 5.26. The highest BCUT2D eigenvalue weighted by Crippen LogP contribution is 2.39. The molecule has 1 atom stereocenters. The lowest BCUT2D eigenvalue weighted by Gasteiger charge is -2.41. The van der Waals surface area contributed by atoms with Crippen molar-refractivity contribution in [2.75, 3.05) is 7.11 Å². The standard InChI is InChI=1S/C25H23N3O3S/c1-31-27-22(23(29)30)28-17-18-32-24(28)26-25(19-11-5-2-6-12-19,20-13-7-3-8-14-20)21-15-9-4-10-16-21/h2-18,24,26H,1H3,(H,29,30)/b27-22+. The number of aliphatic carboxylic acids is 1. The quantitative estimate of drug-likeness (QED) is 0.253. The summed E-state index contributed by atoms with van der Waals surface area (Å²) >= 11 is 1.47. The number of carbonyl (C=O) groups is 1. The number of carboxylic acid groups (broad SMARTS) is 1. The van der Waals surface area contributed by atoms with Crippen molar-refractivity contribution in [3.8, 4) is 0 Å². The van der Waals surface area contributed by atoms with Gasteiger partial charge in [-0.05, 0) is 22.1 Å². The average molecular weight is 446 g/mol. The average Bonchev–Trinajstić information content (AvgIpc) is 3.30. The molecule has 0 saturated carbocycles. The highest BCUT2D eigenvalue weighted by Gasteiger charge is 2.41. The fraction of sp³-hybridized carbons (Fsp3) is 0.120. The van der Waals surface area contributed by atoms with Crippen LogP contribution in [0, 0.1) is 0 Å². The number of amidine groups is 1. The van der Waals surface area contributed by atoms with Gasteiger partial charge in [0.25, 0.3) is 5.84 Å². The Bertz CT molecular complexity index is 1010. The van der Waals surface area contributed by atoms with E-state index in [-0.39, 0.29) is 5.84 Å². The van der Waals surface area contributed by atoms with Gasteiger partial charge in [0.2, 0.25) is 0 Å². The van der Waals surface area contributed by atoms with Crippen molar-refractivity contribution >= 4 is 23.6 Å². The predicted molar refractivity (Wildman–Crippen MR) is 127 cm³/mol. The number of oxime groups is 1. The zero-order valence-corrected chi connectivity index (χ0v) is 18.3. The molecule has 0 bridgehead atoms. The summed E-state index contributed by atoms with van der Waals surface area (Å²) in [6, 6.07) is 30.4. The molecule has 32 heavy (non-hydrogen) atoms. The molecular formula is C25H23N3O3S. The monoisotopic (exact) mass is 445 g/mol. The lowest BCUT2D eigenvalue weighted by atomic mass is 9.77. The van der Waals surface area contributed by atoms with Crippen LogP contribution in [0.15, 0.2) is 108 Å². The Kier molecular flexibility index (Phi) is 6.58. The van der Waals surface area contributed by atoms with Crippen molar-refractivity contribution in [2.24, 2.45) is 5.16 Å². The lowest BCUT2D eigenvalue weighted by Crippen LogP contribution is -2.54. The van der Waals surface area contributed by atoms with Gasteiger partial charge in [0.15, 0.2) is 0 Å². The second kappa shape index (κ2) is 9.72. The molecule has 1 aliphatic rings. The number of nitrogens with zero attached hydrogens (tertiary/aromatic N) is 2. The maximum atomic E-state index is 11.9. The van der Waals surface area contributed by atoms with Crippen LogP contribution in [0.2, 0.25) is 0 Å². The van der Waals surface area contributed by atoms with E-state index < -0.39 is 17.0 Å². The topological polar surface area (TPSA) is 74.2 Å². The molecule has 0 spiro atoms. The van der Waals surface area contributed by atoms with E-state index in [1.54, 1.807) is 11.1 Å². The summed E-state index contributed by atoms with van der Waals surface area (Å²) in [7, 11) is 1.33. The maximum absolute atomic E-state index is 11.9. The normalized spacial score (nSPS) is 16.2. The summed E-state index contributed by atoms with van der Waals surface area (Å²) in [6.45, 7) is 0. The van der Waals surface area contributed by atoms with Gasteiger partial charge in [0, 0.05) is 6.20 Å². The Hall–Kier alpha value is -3.55. The number of hydrogen-bond acceptors (Lipinski definition) is 5. The van der Waals surface area contributed by atoms with Gasteiger partial charge in [-0.25, -0.2) is 4.79 Å². The highest BCUT2D eigenvalue weighted by atomic mass is 32.2. The van der Waals surface area contributed by atoms with E-state index in [0.717, 1.165) is 16.7 Å². The van der Waals surface area contributed by atoms with Crippen molar-refractivity contribution < 1.29 is 14.7 Å². The molecule has 0 radical (unpaired) electrons. The molecule has 1 aliphatic heterocycles. The first kappa shape index (κ1) is 21.7. The van der Waals surface area contributed by atoms with E-state index in [9.17, 15) is 9.90 Å². The van der Waals surface area contributed by atoms with Gasteiger partial charge in [-0.2, -0.15) is 0 Å². The minimum Gasteiger partial charge on any atom is -0.475 e. The van der Waals surface area contributed by atoms with Gasteiger partial charge in [-0.15, -0.1) is 0 Å². The summed E-state index contributed by atoms with van der Waals surface area (Å²) in [6.07, 6.45) is 1.69. The van der Waals surface area contributed by atoms with Gasteiger partial charge < -0.3 is 9.94 Å². The molecule has 1 unspecified atom stereocenters. The molecule has 0 saturated heterocycles. The SMILES string of the molecule is CO/N=C(\C(=O)O)N1C=CSC1NC(c1ccccc1)(c1ccccc1)c1ccccc1. The van der Waals surface area contributed by atoms with Crippen LogP contribution in [0.5, 0.6) is 0 Å². The molecule has 162 valence electrons. The summed E-state index contributed by atoms with van der Waals surface area (Å²) < 4.78 is 0. The number of thioether (sulfide) groups is 1. The third-order valence-corrected chi connectivity index (χ3v) is 6.14. The van der Waals surface area contributed by atoms with Crippen LogP contribution in [-0.4, -0.2) is 34.4 Å². The van der Waals surface area contributed by atoms with Crippen molar-refractivity contribution in [1.29, 1.82) is 0 Å². The first-order valence-electron chi connectivity index (χ1n) is 10.1. The van der Waals surface area contributed by atoms with Crippen LogP contribution in [0.4, 0.5) is 0 Å². The second-order valence-electron chi connectivity index (χ2n) is 7.08. The molecule has 0 aromatic heterocycles. The predicted octanol–water partition coefficient (Wildman–Crippen LogP) is 4.42. The Morgan fingerprint density at radius 2 is 1.41 bits per heavy atom. The minimum atomic E-state index is -1.17. The molecule has 6 nitrogen and oxygen atoms in total. The third kappa shape index (κ3) is 4.12. The Morgan fingerprint density at radius 1 is 0.938 bits per heavy atom. The zero-order chi connectivity index (χ0) is 22.4. The summed E-state index contributed by atoms with van der Waals surface area (Å²) in [5, 5.41) is 19.0. The van der Waals surface area contributed by atoms with Crippen LogP contribution in [-0.2, 0) is 15.2 Å². The largest absolute Gasteiger partial charge is 0.475 e. The van der Waals surface area contributed by atoms with Crippen molar-refractivity contribution in [2.45, 2.75) is 11.0 Å². The van der Waals surface area contributed by atoms with Gasteiger partial charge in [-0.1, -0.05) is 108 Å². The molecule has 7 heteroatoms. The van der Waals surface area contributed by atoms with Crippen LogP contribution in [0.1, 0.15) is 16.7 Å². The Balaban J connectivity index is 1.89. The van der Waals surface area contributed by atoms with Crippen LogP contribution < -0.4 is 5.32 Å². The number of benzene rings is 3. The zero-order valence-electron chi connectivity index (χ0n) is 17.5. The van der Waals surface area contributed by atoms with Crippen molar-refractivity contribution in [3.05, 3.63) is 119 Å².